The molecule has 0 radical (unpaired) electrons. The van der Waals surface area contributed by atoms with Gasteiger partial charge in [-0.1, -0.05) is 0 Å². The number of fused-ring (bicyclic) bond motifs is 1. The lowest BCUT2D eigenvalue weighted by atomic mass is 9.95. The largest absolute Gasteiger partial charge is 0.497 e. The Morgan fingerprint density at radius 1 is 1.11 bits per heavy atom. The molecule has 28 heavy (non-hydrogen) atoms. The third-order valence-electron chi connectivity index (χ3n) is 5.84. The van der Waals surface area contributed by atoms with E-state index in [-0.39, 0.29) is 5.91 Å². The normalized spacial score (nSPS) is 17.9. The first-order valence-corrected chi connectivity index (χ1v) is 11.0. The summed E-state index contributed by atoms with van der Waals surface area (Å²) in [5.41, 5.74) is 3.52. The first-order valence-electron chi connectivity index (χ1n) is 10.1. The van der Waals surface area contributed by atoms with Gasteiger partial charge in [0.25, 0.3) is 5.91 Å². The van der Waals surface area contributed by atoms with Crippen molar-refractivity contribution in [3.63, 3.8) is 0 Å². The predicted molar refractivity (Wildman–Crippen MR) is 115 cm³/mol. The Morgan fingerprint density at radius 2 is 1.82 bits per heavy atom. The number of thiophene rings is 1. The smallest absolute Gasteiger partial charge is 0.256 e. The molecule has 2 heterocycles. The maximum absolute atomic E-state index is 12.8. The van der Waals surface area contributed by atoms with Crippen molar-refractivity contribution in [1.29, 1.82) is 0 Å². The van der Waals surface area contributed by atoms with Gasteiger partial charge in [0.2, 0.25) is 0 Å². The zero-order valence-electron chi connectivity index (χ0n) is 16.8. The lowest BCUT2D eigenvalue weighted by molar-refractivity contribution is 0.102. The van der Waals surface area contributed by atoms with Gasteiger partial charge < -0.3 is 15.0 Å². The van der Waals surface area contributed by atoms with Gasteiger partial charge in [-0.15, -0.1) is 11.3 Å². The van der Waals surface area contributed by atoms with E-state index < -0.39 is 0 Å². The van der Waals surface area contributed by atoms with Crippen LogP contribution in [0.5, 0.6) is 5.75 Å². The van der Waals surface area contributed by atoms with E-state index in [1.807, 2.05) is 24.3 Å². The molecule has 1 aliphatic carbocycles. The monoisotopic (exact) mass is 399 g/mol. The number of hydrogen-bond donors (Lipinski definition) is 1. The number of amides is 1. The number of anilines is 1. The molecule has 0 saturated carbocycles. The Hall–Kier alpha value is -1.89. The Kier molecular flexibility index (Phi) is 5.99. The number of piperazine rings is 1. The highest BCUT2D eigenvalue weighted by molar-refractivity contribution is 7.16. The van der Waals surface area contributed by atoms with Crippen molar-refractivity contribution >= 4 is 22.2 Å². The van der Waals surface area contributed by atoms with Gasteiger partial charge in [-0.3, -0.25) is 9.69 Å². The molecule has 2 aliphatic rings. The topological polar surface area (TPSA) is 44.8 Å². The van der Waals surface area contributed by atoms with Crippen LogP contribution in [0.4, 0.5) is 5.00 Å². The van der Waals surface area contributed by atoms with Crippen molar-refractivity contribution in [3.05, 3.63) is 45.8 Å². The number of methoxy groups -OCH3 is 1. The average molecular weight is 400 g/mol. The molecule has 1 aliphatic heterocycles. The minimum absolute atomic E-state index is 0.0409. The molecule has 6 heteroatoms. The molecule has 1 N–H and O–H groups in total. The number of carbonyl (C=O) groups is 1. The summed E-state index contributed by atoms with van der Waals surface area (Å²) >= 11 is 1.79. The fourth-order valence-electron chi connectivity index (χ4n) is 4.05. The average Bonchev–Trinajstić information content (AvgIpc) is 3.06. The second-order valence-electron chi connectivity index (χ2n) is 7.78. The quantitative estimate of drug-likeness (QED) is 0.834. The number of aryl methyl sites for hydroxylation is 1. The minimum atomic E-state index is -0.0409. The van der Waals surface area contributed by atoms with Gasteiger partial charge in [0.15, 0.2) is 0 Å². The molecule has 5 nitrogen and oxygen atoms in total. The number of ether oxygens (including phenoxy) is 1. The van der Waals surface area contributed by atoms with E-state index in [1.54, 1.807) is 18.4 Å². The summed E-state index contributed by atoms with van der Waals surface area (Å²) in [6.45, 7) is 5.34. The van der Waals surface area contributed by atoms with Crippen molar-refractivity contribution < 1.29 is 9.53 Å². The Labute approximate surface area is 171 Å². The Balaban J connectivity index is 1.55. The van der Waals surface area contributed by atoms with Crippen molar-refractivity contribution in [2.45, 2.75) is 32.2 Å². The molecule has 0 bridgehead atoms. The molecule has 1 aromatic carbocycles. The number of nitrogens with one attached hydrogen (secondary N) is 1. The van der Waals surface area contributed by atoms with E-state index in [1.165, 1.54) is 28.8 Å². The van der Waals surface area contributed by atoms with Crippen molar-refractivity contribution in [2.24, 2.45) is 0 Å². The molecular formula is C22H29N3O2S. The lowest BCUT2D eigenvalue weighted by Gasteiger charge is -2.32. The number of likely N-dealkylation sites (N-methyl/N-ethyl adjacent to an activating group) is 1. The number of carbonyl (C=O) groups excluding carboxylic acids is 1. The van der Waals surface area contributed by atoms with Crippen LogP contribution in [0.15, 0.2) is 24.3 Å². The molecular weight excluding hydrogens is 370 g/mol. The van der Waals surface area contributed by atoms with Crippen LogP contribution in [0, 0.1) is 0 Å². The van der Waals surface area contributed by atoms with Gasteiger partial charge in [0.1, 0.15) is 10.8 Å². The third kappa shape index (κ3) is 4.24. The Bertz CT molecular complexity index is 823. The fraction of sp³-hybridized carbons (Fsp3) is 0.500. The van der Waals surface area contributed by atoms with E-state index in [0.29, 0.717) is 5.56 Å². The van der Waals surface area contributed by atoms with Gasteiger partial charge >= 0.3 is 0 Å². The molecule has 1 fully saturated rings. The van der Waals surface area contributed by atoms with Crippen molar-refractivity contribution in [1.82, 2.24) is 9.80 Å². The predicted octanol–water partition coefficient (Wildman–Crippen LogP) is 3.64. The van der Waals surface area contributed by atoms with E-state index >= 15 is 0 Å². The Morgan fingerprint density at radius 3 is 2.54 bits per heavy atom. The van der Waals surface area contributed by atoms with Crippen LogP contribution in [0.2, 0.25) is 0 Å². The molecule has 1 saturated heterocycles. The summed E-state index contributed by atoms with van der Waals surface area (Å²) in [6, 6.07) is 7.31. The zero-order chi connectivity index (χ0) is 19.5. The third-order valence-corrected chi connectivity index (χ3v) is 7.09. The van der Waals surface area contributed by atoms with Crippen LogP contribution in [0.3, 0.4) is 0 Å². The summed E-state index contributed by atoms with van der Waals surface area (Å²) in [7, 11) is 3.82. The van der Waals surface area contributed by atoms with E-state index in [2.05, 4.69) is 22.2 Å². The number of nitrogens with zero attached hydrogens (tertiary/aromatic N) is 2. The molecule has 150 valence electrons. The summed E-state index contributed by atoms with van der Waals surface area (Å²) in [6.07, 6.45) is 4.81. The van der Waals surface area contributed by atoms with Crippen LogP contribution < -0.4 is 10.1 Å². The summed E-state index contributed by atoms with van der Waals surface area (Å²) < 4.78 is 5.19. The van der Waals surface area contributed by atoms with E-state index in [4.69, 9.17) is 4.74 Å². The molecule has 0 unspecified atom stereocenters. The maximum Gasteiger partial charge on any atom is 0.256 e. The summed E-state index contributed by atoms with van der Waals surface area (Å²) in [5, 5.41) is 4.27. The van der Waals surface area contributed by atoms with Gasteiger partial charge in [0, 0.05) is 48.7 Å². The fourth-order valence-corrected chi connectivity index (χ4v) is 5.34. The van der Waals surface area contributed by atoms with Crippen LogP contribution in [0.1, 0.15) is 39.2 Å². The zero-order valence-corrected chi connectivity index (χ0v) is 17.6. The number of hydrogen-bond acceptors (Lipinski definition) is 5. The molecule has 1 amide bonds. The lowest BCUT2D eigenvalue weighted by Crippen LogP contribution is -2.44. The molecule has 0 atom stereocenters. The van der Waals surface area contributed by atoms with Crippen LogP contribution in [-0.2, 0) is 19.4 Å². The van der Waals surface area contributed by atoms with Crippen LogP contribution in [0.25, 0.3) is 0 Å². The highest BCUT2D eigenvalue weighted by Gasteiger charge is 2.24. The van der Waals surface area contributed by atoms with Crippen molar-refractivity contribution in [2.75, 3.05) is 45.7 Å². The SMILES string of the molecule is COc1ccc(C(=O)Nc2sc3c(c2CN2CCN(C)CC2)CCCC3)cc1. The first kappa shape index (κ1) is 19.4. The first-order chi connectivity index (χ1) is 13.6. The molecule has 2 aromatic rings. The van der Waals surface area contributed by atoms with Gasteiger partial charge in [-0.2, -0.15) is 0 Å². The highest BCUT2D eigenvalue weighted by Crippen LogP contribution is 2.39. The highest BCUT2D eigenvalue weighted by atomic mass is 32.1. The van der Waals surface area contributed by atoms with Crippen LogP contribution >= 0.6 is 11.3 Å². The standard InChI is InChI=1S/C22H29N3O2S/c1-24-11-13-25(14-12-24)15-19-18-5-3-4-6-20(18)28-22(19)23-21(26)16-7-9-17(27-2)10-8-16/h7-10H,3-6,11-15H2,1-2H3,(H,23,26). The summed E-state index contributed by atoms with van der Waals surface area (Å²) in [4.78, 5) is 19.2. The molecule has 1 aromatic heterocycles. The second kappa shape index (κ2) is 8.64. The second-order valence-corrected chi connectivity index (χ2v) is 8.89. The maximum atomic E-state index is 12.8. The van der Waals surface area contributed by atoms with E-state index in [0.717, 1.165) is 56.3 Å². The van der Waals surface area contributed by atoms with Gasteiger partial charge in [0.05, 0.1) is 7.11 Å². The molecule has 0 spiro atoms. The number of rotatable bonds is 5. The van der Waals surface area contributed by atoms with Crippen LogP contribution in [-0.4, -0.2) is 56.0 Å². The van der Waals surface area contributed by atoms with E-state index in [9.17, 15) is 4.79 Å². The minimum Gasteiger partial charge on any atom is -0.497 e. The van der Waals surface area contributed by atoms with Gasteiger partial charge in [-0.05, 0) is 62.6 Å². The molecule has 4 rings (SSSR count). The summed E-state index contributed by atoms with van der Waals surface area (Å²) in [5.74, 6) is 0.722. The van der Waals surface area contributed by atoms with Gasteiger partial charge in [-0.25, -0.2) is 0 Å². The van der Waals surface area contributed by atoms with Crippen molar-refractivity contribution in [3.8, 4) is 5.75 Å². The number of benzene rings is 1.